The fourth-order valence-corrected chi connectivity index (χ4v) is 1.47. The Bertz CT molecular complexity index is 469. The summed E-state index contributed by atoms with van der Waals surface area (Å²) in [7, 11) is 1.63. The minimum atomic E-state index is -4.50. The lowest BCUT2D eigenvalue weighted by atomic mass is 10.3. The molecular weight excluding hydrogens is 299 g/mol. The standard InChI is InChI=1S/C11H13ClF3N3O2/c1-16-6-9(19)17-2-3-20-10-8(12)4-7(5-18-10)11(13,14)15/h4-5,16H,2-3,6H2,1H3,(H,17,19). The minimum Gasteiger partial charge on any atom is -0.475 e. The summed E-state index contributed by atoms with van der Waals surface area (Å²) in [5, 5.41) is 4.96. The van der Waals surface area contributed by atoms with E-state index in [1.165, 1.54) is 0 Å². The normalized spacial score (nSPS) is 11.2. The van der Waals surface area contributed by atoms with Crippen molar-refractivity contribution in [2.45, 2.75) is 6.18 Å². The van der Waals surface area contributed by atoms with Gasteiger partial charge in [0, 0.05) is 6.20 Å². The van der Waals surface area contributed by atoms with Gasteiger partial charge in [0.05, 0.1) is 18.7 Å². The lowest BCUT2D eigenvalue weighted by Gasteiger charge is -2.10. The fourth-order valence-electron chi connectivity index (χ4n) is 1.25. The molecule has 0 aromatic carbocycles. The van der Waals surface area contributed by atoms with E-state index in [1.54, 1.807) is 7.05 Å². The summed E-state index contributed by atoms with van der Waals surface area (Å²) in [6, 6.07) is 0.740. The summed E-state index contributed by atoms with van der Waals surface area (Å²) in [4.78, 5) is 14.6. The fraction of sp³-hybridized carbons (Fsp3) is 0.455. The van der Waals surface area contributed by atoms with E-state index >= 15 is 0 Å². The number of ether oxygens (including phenoxy) is 1. The molecule has 2 N–H and O–H groups in total. The van der Waals surface area contributed by atoms with Crippen LogP contribution in [0.2, 0.25) is 5.02 Å². The topological polar surface area (TPSA) is 63.2 Å². The highest BCUT2D eigenvalue weighted by Gasteiger charge is 2.31. The van der Waals surface area contributed by atoms with Gasteiger partial charge < -0.3 is 15.4 Å². The second-order valence-corrected chi connectivity index (χ2v) is 4.14. The van der Waals surface area contributed by atoms with Gasteiger partial charge in [-0.15, -0.1) is 0 Å². The molecule has 1 heterocycles. The quantitative estimate of drug-likeness (QED) is 0.781. The van der Waals surface area contributed by atoms with Crippen molar-refractivity contribution in [2.24, 2.45) is 0 Å². The lowest BCUT2D eigenvalue weighted by molar-refractivity contribution is -0.137. The first-order valence-corrected chi connectivity index (χ1v) is 5.99. The van der Waals surface area contributed by atoms with Crippen LogP contribution in [-0.2, 0) is 11.0 Å². The summed E-state index contributed by atoms with van der Waals surface area (Å²) in [6.45, 7) is 0.409. The summed E-state index contributed by atoms with van der Waals surface area (Å²) in [5.74, 6) is -0.329. The Balaban J connectivity index is 2.47. The Hall–Kier alpha value is -1.54. The Morgan fingerprint density at radius 1 is 1.50 bits per heavy atom. The average molecular weight is 312 g/mol. The summed E-state index contributed by atoms with van der Waals surface area (Å²) in [6.07, 6.45) is -3.86. The van der Waals surface area contributed by atoms with Gasteiger partial charge in [0.25, 0.3) is 0 Å². The first-order valence-electron chi connectivity index (χ1n) is 5.61. The Labute approximate surface area is 118 Å². The number of carbonyl (C=O) groups excluding carboxylic acids is 1. The van der Waals surface area contributed by atoms with Crippen LogP contribution in [0.4, 0.5) is 13.2 Å². The maximum atomic E-state index is 12.4. The number of halogens is 4. The van der Waals surface area contributed by atoms with Gasteiger partial charge in [0.1, 0.15) is 11.6 Å². The van der Waals surface area contributed by atoms with E-state index in [0.29, 0.717) is 6.20 Å². The van der Waals surface area contributed by atoms with Crippen LogP contribution in [0.1, 0.15) is 5.56 Å². The van der Waals surface area contributed by atoms with Crippen LogP contribution in [0, 0.1) is 0 Å². The minimum absolute atomic E-state index is 0.0491. The molecule has 0 atom stereocenters. The van der Waals surface area contributed by atoms with Crippen molar-refractivity contribution in [3.63, 3.8) is 0 Å². The van der Waals surface area contributed by atoms with Gasteiger partial charge in [-0.3, -0.25) is 4.79 Å². The van der Waals surface area contributed by atoms with Gasteiger partial charge in [0.2, 0.25) is 11.8 Å². The molecule has 0 aliphatic rings. The number of pyridine rings is 1. The maximum Gasteiger partial charge on any atom is 0.417 e. The van der Waals surface area contributed by atoms with Gasteiger partial charge in [0.15, 0.2) is 0 Å². The molecule has 1 aromatic heterocycles. The molecule has 0 saturated carbocycles. The zero-order chi connectivity index (χ0) is 15.2. The SMILES string of the molecule is CNCC(=O)NCCOc1ncc(C(F)(F)F)cc1Cl. The molecule has 0 fully saturated rings. The summed E-state index contributed by atoms with van der Waals surface area (Å²) in [5.41, 5.74) is -0.947. The van der Waals surface area contributed by atoms with E-state index in [1.807, 2.05) is 0 Å². The van der Waals surface area contributed by atoms with Crippen molar-refractivity contribution in [2.75, 3.05) is 26.7 Å². The molecule has 0 aliphatic carbocycles. The predicted octanol–water partition coefficient (Wildman–Crippen LogP) is 1.47. The highest BCUT2D eigenvalue weighted by atomic mass is 35.5. The van der Waals surface area contributed by atoms with E-state index in [4.69, 9.17) is 16.3 Å². The van der Waals surface area contributed by atoms with E-state index in [2.05, 4.69) is 15.6 Å². The maximum absolute atomic E-state index is 12.4. The number of hydrogen-bond donors (Lipinski definition) is 2. The van der Waals surface area contributed by atoms with Crippen molar-refractivity contribution in [1.29, 1.82) is 0 Å². The van der Waals surface area contributed by atoms with E-state index in [9.17, 15) is 18.0 Å². The van der Waals surface area contributed by atoms with Gasteiger partial charge in [-0.1, -0.05) is 11.6 Å². The highest BCUT2D eigenvalue weighted by Crippen LogP contribution is 2.32. The smallest absolute Gasteiger partial charge is 0.417 e. The predicted molar refractivity (Wildman–Crippen MR) is 66.7 cm³/mol. The number of nitrogens with zero attached hydrogens (tertiary/aromatic N) is 1. The molecule has 0 saturated heterocycles. The Morgan fingerprint density at radius 2 is 2.20 bits per heavy atom. The first kappa shape index (κ1) is 16.5. The molecule has 0 unspecified atom stereocenters. The molecule has 0 aliphatic heterocycles. The highest BCUT2D eigenvalue weighted by molar-refractivity contribution is 6.31. The van der Waals surface area contributed by atoms with Crippen LogP contribution in [0.15, 0.2) is 12.3 Å². The van der Waals surface area contributed by atoms with Gasteiger partial charge in [-0.2, -0.15) is 13.2 Å². The molecule has 5 nitrogen and oxygen atoms in total. The molecule has 1 aromatic rings. The molecule has 1 amide bonds. The largest absolute Gasteiger partial charge is 0.475 e. The third-order valence-corrected chi connectivity index (χ3v) is 2.41. The number of rotatable bonds is 6. The van der Waals surface area contributed by atoms with Crippen LogP contribution >= 0.6 is 11.6 Å². The summed E-state index contributed by atoms with van der Waals surface area (Å²) < 4.78 is 42.2. The van der Waals surface area contributed by atoms with Crippen LogP contribution < -0.4 is 15.4 Å². The van der Waals surface area contributed by atoms with Crippen LogP contribution in [0.25, 0.3) is 0 Å². The van der Waals surface area contributed by atoms with Gasteiger partial charge >= 0.3 is 6.18 Å². The third-order valence-electron chi connectivity index (χ3n) is 2.14. The van der Waals surface area contributed by atoms with Crippen molar-refractivity contribution in [3.05, 3.63) is 22.8 Å². The Kier molecular flexibility index (Phi) is 6.03. The molecule has 20 heavy (non-hydrogen) atoms. The molecule has 9 heteroatoms. The third kappa shape index (κ3) is 5.22. The van der Waals surface area contributed by atoms with Crippen molar-refractivity contribution >= 4 is 17.5 Å². The van der Waals surface area contributed by atoms with E-state index in [-0.39, 0.29) is 36.5 Å². The number of amides is 1. The van der Waals surface area contributed by atoms with E-state index in [0.717, 1.165) is 6.07 Å². The molecule has 0 spiro atoms. The van der Waals surface area contributed by atoms with Crippen LogP contribution in [0.3, 0.4) is 0 Å². The average Bonchev–Trinajstić information content (AvgIpc) is 2.35. The molecule has 1 rings (SSSR count). The first-order chi connectivity index (χ1) is 9.34. The number of likely N-dealkylation sites (N-methyl/N-ethyl adjacent to an activating group) is 1. The number of nitrogens with one attached hydrogen (secondary N) is 2. The molecule has 0 radical (unpaired) electrons. The van der Waals surface area contributed by atoms with Crippen molar-refractivity contribution in [1.82, 2.24) is 15.6 Å². The monoisotopic (exact) mass is 311 g/mol. The molecular formula is C11H13ClF3N3O2. The van der Waals surface area contributed by atoms with Crippen molar-refractivity contribution in [3.8, 4) is 5.88 Å². The van der Waals surface area contributed by atoms with Gasteiger partial charge in [-0.05, 0) is 13.1 Å². The lowest BCUT2D eigenvalue weighted by Crippen LogP contribution is -2.34. The molecule has 112 valence electrons. The second kappa shape index (κ2) is 7.30. The number of alkyl halides is 3. The zero-order valence-electron chi connectivity index (χ0n) is 10.6. The Morgan fingerprint density at radius 3 is 2.75 bits per heavy atom. The van der Waals surface area contributed by atoms with E-state index < -0.39 is 11.7 Å². The van der Waals surface area contributed by atoms with Crippen LogP contribution in [-0.4, -0.2) is 37.6 Å². The zero-order valence-corrected chi connectivity index (χ0v) is 11.3. The van der Waals surface area contributed by atoms with Gasteiger partial charge in [-0.25, -0.2) is 4.98 Å². The number of aromatic nitrogens is 1. The second-order valence-electron chi connectivity index (χ2n) is 3.74. The number of carbonyl (C=O) groups is 1. The number of hydrogen-bond acceptors (Lipinski definition) is 4. The summed E-state index contributed by atoms with van der Waals surface area (Å²) >= 11 is 5.64. The van der Waals surface area contributed by atoms with Crippen LogP contribution in [0.5, 0.6) is 5.88 Å². The molecule has 0 bridgehead atoms. The van der Waals surface area contributed by atoms with Crippen molar-refractivity contribution < 1.29 is 22.7 Å².